The summed E-state index contributed by atoms with van der Waals surface area (Å²) in [4.78, 5) is 16.1. The molecule has 0 radical (unpaired) electrons. The Morgan fingerprint density at radius 2 is 1.89 bits per heavy atom. The number of carbonyl (C=O) groups is 1. The third-order valence-electron chi connectivity index (χ3n) is 3.98. The Kier molecular flexibility index (Phi) is 4.73. The fourth-order valence-electron chi connectivity index (χ4n) is 2.60. The van der Waals surface area contributed by atoms with Crippen LogP contribution >= 0.6 is 0 Å². The van der Waals surface area contributed by atoms with Gasteiger partial charge in [0, 0.05) is 38.2 Å². The second kappa shape index (κ2) is 6.86. The van der Waals surface area contributed by atoms with Gasteiger partial charge in [-0.05, 0) is 18.6 Å². The maximum absolute atomic E-state index is 12.7. The van der Waals surface area contributed by atoms with Crippen molar-refractivity contribution in [2.24, 2.45) is 14.1 Å². The predicted molar refractivity (Wildman–Crippen MR) is 90.5 cm³/mol. The van der Waals surface area contributed by atoms with Crippen molar-refractivity contribution in [2.75, 3.05) is 0 Å². The summed E-state index contributed by atoms with van der Waals surface area (Å²) in [6.45, 7) is 1.67. The zero-order chi connectivity index (χ0) is 19.8. The van der Waals surface area contributed by atoms with Crippen molar-refractivity contribution in [1.82, 2.24) is 29.9 Å². The molecule has 0 aromatic carbocycles. The van der Waals surface area contributed by atoms with E-state index >= 15 is 0 Å². The Bertz CT molecular complexity index is 958. The molecule has 1 atom stereocenters. The standard InChI is InChI=1S/C17H17F3N6O/c1-10(11-4-5-14(21-6-11)17(18,19)20)23-16(27)13-9-26(3)24-15(13)12-7-22-25(2)8-12/h4-10H,1-3H3,(H,23,27)/t10-/m0/s1. The van der Waals surface area contributed by atoms with Gasteiger partial charge in [-0.15, -0.1) is 0 Å². The van der Waals surface area contributed by atoms with Gasteiger partial charge in [-0.25, -0.2) is 0 Å². The molecule has 0 aliphatic carbocycles. The molecule has 10 heteroatoms. The van der Waals surface area contributed by atoms with E-state index in [1.807, 2.05) is 0 Å². The largest absolute Gasteiger partial charge is 0.433 e. The van der Waals surface area contributed by atoms with Crippen LogP contribution in [0, 0.1) is 0 Å². The number of nitrogens with one attached hydrogen (secondary N) is 1. The Labute approximate surface area is 152 Å². The van der Waals surface area contributed by atoms with Gasteiger partial charge in [-0.1, -0.05) is 6.07 Å². The van der Waals surface area contributed by atoms with Gasteiger partial charge in [0.05, 0.1) is 17.8 Å². The van der Waals surface area contributed by atoms with Crippen molar-refractivity contribution < 1.29 is 18.0 Å². The zero-order valence-electron chi connectivity index (χ0n) is 14.8. The van der Waals surface area contributed by atoms with Crippen LogP contribution in [0.25, 0.3) is 11.3 Å². The molecule has 0 saturated carbocycles. The van der Waals surface area contributed by atoms with Crippen LogP contribution in [0.1, 0.15) is 34.6 Å². The average Bonchev–Trinajstić information content (AvgIpc) is 3.19. The second-order valence-corrected chi connectivity index (χ2v) is 6.14. The quantitative estimate of drug-likeness (QED) is 0.757. The number of aromatic nitrogens is 5. The Morgan fingerprint density at radius 3 is 2.44 bits per heavy atom. The summed E-state index contributed by atoms with van der Waals surface area (Å²) < 4.78 is 41.0. The van der Waals surface area contributed by atoms with Gasteiger partial charge in [0.25, 0.3) is 5.91 Å². The number of amides is 1. The van der Waals surface area contributed by atoms with E-state index in [0.29, 0.717) is 22.4 Å². The molecule has 0 fully saturated rings. The predicted octanol–water partition coefficient (Wildman–Crippen LogP) is 2.73. The van der Waals surface area contributed by atoms with Crippen molar-refractivity contribution in [3.63, 3.8) is 0 Å². The first-order valence-electron chi connectivity index (χ1n) is 8.02. The van der Waals surface area contributed by atoms with Gasteiger partial charge in [-0.2, -0.15) is 23.4 Å². The highest BCUT2D eigenvalue weighted by Gasteiger charge is 2.32. The van der Waals surface area contributed by atoms with E-state index in [0.717, 1.165) is 12.3 Å². The van der Waals surface area contributed by atoms with E-state index in [1.54, 1.807) is 44.3 Å². The number of nitrogens with zero attached hydrogens (tertiary/aromatic N) is 5. The first-order valence-corrected chi connectivity index (χ1v) is 8.02. The van der Waals surface area contributed by atoms with Crippen LogP contribution in [0.3, 0.4) is 0 Å². The molecule has 1 amide bonds. The summed E-state index contributed by atoms with van der Waals surface area (Å²) in [7, 11) is 3.45. The molecule has 0 bridgehead atoms. The first kappa shape index (κ1) is 18.6. The molecule has 7 nitrogen and oxygen atoms in total. The molecule has 142 valence electrons. The molecule has 3 aromatic rings. The number of pyridine rings is 1. The fraction of sp³-hybridized carbons (Fsp3) is 0.294. The maximum Gasteiger partial charge on any atom is 0.433 e. The minimum Gasteiger partial charge on any atom is -0.345 e. The fourth-order valence-corrected chi connectivity index (χ4v) is 2.60. The van der Waals surface area contributed by atoms with Gasteiger partial charge in [-0.3, -0.25) is 19.1 Å². The van der Waals surface area contributed by atoms with E-state index in [2.05, 4.69) is 20.5 Å². The van der Waals surface area contributed by atoms with Gasteiger partial charge in [0.2, 0.25) is 0 Å². The third-order valence-corrected chi connectivity index (χ3v) is 3.98. The molecule has 3 heterocycles. The normalized spacial score (nSPS) is 12.8. The van der Waals surface area contributed by atoms with Gasteiger partial charge >= 0.3 is 6.18 Å². The van der Waals surface area contributed by atoms with Crippen molar-refractivity contribution in [1.29, 1.82) is 0 Å². The molecule has 3 aromatic heterocycles. The Hall–Kier alpha value is -3.17. The smallest absolute Gasteiger partial charge is 0.345 e. The molecular weight excluding hydrogens is 361 g/mol. The van der Waals surface area contributed by atoms with E-state index in [1.165, 1.54) is 10.7 Å². The number of hydrogen-bond donors (Lipinski definition) is 1. The second-order valence-electron chi connectivity index (χ2n) is 6.14. The highest BCUT2D eigenvalue weighted by molar-refractivity contribution is 5.99. The number of aryl methyl sites for hydroxylation is 2. The van der Waals surface area contributed by atoms with Crippen LogP contribution in [0.5, 0.6) is 0 Å². The Morgan fingerprint density at radius 1 is 1.15 bits per heavy atom. The topological polar surface area (TPSA) is 77.6 Å². The summed E-state index contributed by atoms with van der Waals surface area (Å²) >= 11 is 0. The highest BCUT2D eigenvalue weighted by atomic mass is 19.4. The lowest BCUT2D eigenvalue weighted by Crippen LogP contribution is -2.27. The summed E-state index contributed by atoms with van der Waals surface area (Å²) in [5.41, 5.74) is 0.990. The van der Waals surface area contributed by atoms with Gasteiger partial charge in [0.1, 0.15) is 11.4 Å². The van der Waals surface area contributed by atoms with Crippen LogP contribution < -0.4 is 5.32 Å². The van der Waals surface area contributed by atoms with E-state index in [4.69, 9.17) is 0 Å². The number of halogens is 3. The molecule has 27 heavy (non-hydrogen) atoms. The van der Waals surface area contributed by atoms with Crippen LogP contribution in [0.2, 0.25) is 0 Å². The molecule has 0 aliphatic rings. The summed E-state index contributed by atoms with van der Waals surface area (Å²) in [6, 6.07) is 1.66. The minimum atomic E-state index is -4.50. The van der Waals surface area contributed by atoms with Crippen molar-refractivity contribution in [3.05, 3.63) is 53.7 Å². The average molecular weight is 378 g/mol. The van der Waals surface area contributed by atoms with Gasteiger partial charge < -0.3 is 5.32 Å². The van der Waals surface area contributed by atoms with Crippen molar-refractivity contribution >= 4 is 5.91 Å². The van der Waals surface area contributed by atoms with Crippen LogP contribution in [-0.2, 0) is 20.3 Å². The van der Waals surface area contributed by atoms with Gasteiger partial charge in [0.15, 0.2) is 0 Å². The lowest BCUT2D eigenvalue weighted by molar-refractivity contribution is -0.141. The lowest BCUT2D eigenvalue weighted by Gasteiger charge is -2.15. The lowest BCUT2D eigenvalue weighted by atomic mass is 10.1. The number of carbonyl (C=O) groups excluding carboxylic acids is 1. The van der Waals surface area contributed by atoms with E-state index < -0.39 is 23.8 Å². The molecule has 0 saturated heterocycles. The zero-order valence-corrected chi connectivity index (χ0v) is 14.8. The minimum absolute atomic E-state index is 0.345. The summed E-state index contributed by atoms with van der Waals surface area (Å²) in [5, 5.41) is 11.1. The van der Waals surface area contributed by atoms with Crippen LogP contribution in [0.4, 0.5) is 13.2 Å². The Balaban J connectivity index is 1.79. The molecule has 3 rings (SSSR count). The number of alkyl halides is 3. The monoisotopic (exact) mass is 378 g/mol. The van der Waals surface area contributed by atoms with Crippen molar-refractivity contribution in [3.8, 4) is 11.3 Å². The first-order chi connectivity index (χ1) is 12.6. The van der Waals surface area contributed by atoms with Crippen LogP contribution in [-0.4, -0.2) is 30.5 Å². The summed E-state index contributed by atoms with van der Waals surface area (Å²) in [6.07, 6.45) is 1.53. The van der Waals surface area contributed by atoms with Crippen molar-refractivity contribution in [2.45, 2.75) is 19.1 Å². The molecule has 1 N–H and O–H groups in total. The molecular formula is C17H17F3N6O. The van der Waals surface area contributed by atoms with Crippen LogP contribution in [0.15, 0.2) is 36.9 Å². The molecule has 0 aliphatic heterocycles. The maximum atomic E-state index is 12.7. The SMILES string of the molecule is C[C@H](NC(=O)c1cn(C)nc1-c1cnn(C)c1)c1ccc(C(F)(F)F)nc1. The summed E-state index contributed by atoms with van der Waals surface area (Å²) in [5.74, 6) is -0.394. The number of hydrogen-bond acceptors (Lipinski definition) is 4. The molecule has 0 spiro atoms. The number of rotatable bonds is 4. The van der Waals surface area contributed by atoms with E-state index in [9.17, 15) is 18.0 Å². The van der Waals surface area contributed by atoms with E-state index in [-0.39, 0.29) is 0 Å². The third kappa shape index (κ3) is 3.99. The molecule has 0 unspecified atom stereocenters. The highest BCUT2D eigenvalue weighted by Crippen LogP contribution is 2.28.